The number of hydrogen-bond donors (Lipinski definition) is 1. The molecule has 16 heavy (non-hydrogen) atoms. The fraction of sp³-hybridized carbons (Fsp3) is 0.583. The van der Waals surface area contributed by atoms with Gasteiger partial charge >= 0.3 is 0 Å². The smallest absolute Gasteiger partial charge is 0.180 e. The third kappa shape index (κ3) is 2.17. The number of rotatable bonds is 3. The lowest BCUT2D eigenvalue weighted by Gasteiger charge is -2.34. The Bertz CT molecular complexity index is 382. The van der Waals surface area contributed by atoms with Gasteiger partial charge in [-0.3, -0.25) is 4.79 Å². The van der Waals surface area contributed by atoms with Crippen LogP contribution in [0.1, 0.15) is 41.8 Å². The van der Waals surface area contributed by atoms with Gasteiger partial charge < -0.3 is 5.73 Å². The second kappa shape index (κ2) is 4.86. The van der Waals surface area contributed by atoms with Crippen molar-refractivity contribution in [3.63, 3.8) is 0 Å². The topological polar surface area (TPSA) is 43.1 Å². The summed E-state index contributed by atoms with van der Waals surface area (Å²) in [6.45, 7) is 0.460. The molecule has 0 aliphatic heterocycles. The molecule has 1 aliphatic rings. The quantitative estimate of drug-likeness (QED) is 0.843. The first kappa shape index (κ1) is 12.1. The molecule has 2 rings (SSSR count). The molecule has 0 aromatic carbocycles. The zero-order chi connectivity index (χ0) is 11.6. The molecule has 1 aromatic heterocycles. The molecule has 0 unspecified atom stereocenters. The first-order chi connectivity index (χ1) is 7.68. The highest BCUT2D eigenvalue weighted by Crippen LogP contribution is 2.39. The van der Waals surface area contributed by atoms with Crippen molar-refractivity contribution in [3.05, 3.63) is 21.3 Å². The molecule has 1 aromatic rings. The van der Waals surface area contributed by atoms with E-state index in [2.05, 4.69) is 0 Å². The van der Waals surface area contributed by atoms with Crippen LogP contribution in [-0.4, -0.2) is 12.3 Å². The van der Waals surface area contributed by atoms with E-state index in [0.717, 1.165) is 30.6 Å². The van der Waals surface area contributed by atoms with Gasteiger partial charge in [0.2, 0.25) is 0 Å². The summed E-state index contributed by atoms with van der Waals surface area (Å²) in [5, 5.41) is 0. The second-order valence-electron chi connectivity index (χ2n) is 4.48. The highest BCUT2D eigenvalue weighted by molar-refractivity contribution is 7.18. The zero-order valence-corrected chi connectivity index (χ0v) is 10.7. The van der Waals surface area contributed by atoms with Crippen LogP contribution in [0.15, 0.2) is 12.1 Å². The predicted molar refractivity (Wildman–Crippen MR) is 68.2 cm³/mol. The zero-order valence-electron chi connectivity index (χ0n) is 9.17. The Morgan fingerprint density at radius 2 is 2.06 bits per heavy atom. The average molecular weight is 258 g/mol. The highest BCUT2D eigenvalue weighted by Gasteiger charge is 2.39. The summed E-state index contributed by atoms with van der Waals surface area (Å²) >= 11 is 7.23. The lowest BCUT2D eigenvalue weighted by molar-refractivity contribution is 0.0734. The molecule has 0 amide bonds. The number of thiophene rings is 1. The van der Waals surface area contributed by atoms with Crippen molar-refractivity contribution >= 4 is 28.7 Å². The van der Waals surface area contributed by atoms with Gasteiger partial charge in [-0.15, -0.1) is 11.3 Å². The van der Waals surface area contributed by atoms with Crippen LogP contribution in [0, 0.1) is 5.41 Å². The van der Waals surface area contributed by atoms with Gasteiger partial charge in [0, 0.05) is 12.0 Å². The van der Waals surface area contributed by atoms with Crippen LogP contribution in [0.25, 0.3) is 0 Å². The van der Waals surface area contributed by atoms with E-state index in [1.54, 1.807) is 6.07 Å². The Hall–Kier alpha value is -0.380. The second-order valence-corrected chi connectivity index (χ2v) is 6.19. The highest BCUT2D eigenvalue weighted by atomic mass is 35.5. The summed E-state index contributed by atoms with van der Waals surface area (Å²) in [5.41, 5.74) is 5.52. The molecule has 88 valence electrons. The van der Waals surface area contributed by atoms with E-state index in [1.807, 2.05) is 6.07 Å². The Balaban J connectivity index is 2.24. The van der Waals surface area contributed by atoms with E-state index in [-0.39, 0.29) is 11.2 Å². The number of carbonyl (C=O) groups excluding carboxylic acids is 1. The van der Waals surface area contributed by atoms with Crippen LogP contribution in [0.2, 0.25) is 4.34 Å². The minimum atomic E-state index is -0.313. The largest absolute Gasteiger partial charge is 0.329 e. The normalized spacial score (nSPS) is 19.6. The molecule has 0 atom stereocenters. The number of carbonyl (C=O) groups is 1. The minimum Gasteiger partial charge on any atom is -0.329 e. The average Bonchev–Trinajstić information content (AvgIpc) is 2.76. The maximum absolute atomic E-state index is 12.4. The minimum absolute atomic E-state index is 0.201. The van der Waals surface area contributed by atoms with Gasteiger partial charge in [-0.1, -0.05) is 30.9 Å². The Labute approximate surface area is 105 Å². The maximum atomic E-state index is 12.4. The van der Waals surface area contributed by atoms with Crippen molar-refractivity contribution in [2.24, 2.45) is 11.1 Å². The third-order valence-electron chi connectivity index (χ3n) is 3.48. The molecule has 1 aliphatic carbocycles. The van der Waals surface area contributed by atoms with Gasteiger partial charge in [-0.05, 0) is 25.0 Å². The maximum Gasteiger partial charge on any atom is 0.180 e. The summed E-state index contributed by atoms with van der Waals surface area (Å²) in [5.74, 6) is 0.201. The van der Waals surface area contributed by atoms with Crippen molar-refractivity contribution in [2.45, 2.75) is 32.1 Å². The van der Waals surface area contributed by atoms with Gasteiger partial charge in [0.15, 0.2) is 5.78 Å². The van der Waals surface area contributed by atoms with Gasteiger partial charge in [0.05, 0.1) is 9.21 Å². The molecule has 4 heteroatoms. The molecule has 1 saturated carbocycles. The van der Waals surface area contributed by atoms with Crippen LogP contribution in [0.5, 0.6) is 0 Å². The van der Waals surface area contributed by atoms with Crippen molar-refractivity contribution < 1.29 is 4.79 Å². The van der Waals surface area contributed by atoms with Crippen molar-refractivity contribution in [1.29, 1.82) is 0 Å². The summed E-state index contributed by atoms with van der Waals surface area (Å²) in [7, 11) is 0. The van der Waals surface area contributed by atoms with Gasteiger partial charge in [-0.25, -0.2) is 0 Å². The Kier molecular flexibility index (Phi) is 3.67. The molecule has 0 saturated heterocycles. The van der Waals surface area contributed by atoms with E-state index in [0.29, 0.717) is 10.9 Å². The van der Waals surface area contributed by atoms with E-state index < -0.39 is 0 Å². The standard InChI is InChI=1S/C12H16ClNOS/c13-10-5-4-9(16-10)11(15)12(8-14)6-2-1-3-7-12/h4-5H,1-3,6-8,14H2. The SMILES string of the molecule is NCC1(C(=O)c2ccc(Cl)s2)CCCCC1. The molecular weight excluding hydrogens is 242 g/mol. The van der Waals surface area contributed by atoms with Crippen LogP contribution in [0.3, 0.4) is 0 Å². The van der Waals surface area contributed by atoms with Crippen molar-refractivity contribution in [1.82, 2.24) is 0 Å². The Morgan fingerprint density at radius 1 is 1.38 bits per heavy atom. The van der Waals surface area contributed by atoms with Crippen molar-refractivity contribution in [2.75, 3.05) is 6.54 Å². The summed E-state index contributed by atoms with van der Waals surface area (Å²) in [6.07, 6.45) is 5.31. The fourth-order valence-corrected chi connectivity index (χ4v) is 3.55. The fourth-order valence-electron chi connectivity index (χ4n) is 2.45. The summed E-state index contributed by atoms with van der Waals surface area (Å²) < 4.78 is 0.673. The van der Waals surface area contributed by atoms with Gasteiger partial charge in [0.1, 0.15) is 0 Å². The molecule has 1 heterocycles. The lowest BCUT2D eigenvalue weighted by Crippen LogP contribution is -2.40. The van der Waals surface area contributed by atoms with E-state index >= 15 is 0 Å². The Morgan fingerprint density at radius 3 is 2.56 bits per heavy atom. The monoisotopic (exact) mass is 257 g/mol. The van der Waals surface area contributed by atoms with Crippen molar-refractivity contribution in [3.8, 4) is 0 Å². The van der Waals surface area contributed by atoms with Crippen LogP contribution in [0.4, 0.5) is 0 Å². The number of nitrogens with two attached hydrogens (primary N) is 1. The van der Waals surface area contributed by atoms with Crippen LogP contribution < -0.4 is 5.73 Å². The van der Waals surface area contributed by atoms with E-state index in [9.17, 15) is 4.79 Å². The van der Waals surface area contributed by atoms with E-state index in [1.165, 1.54) is 17.8 Å². The molecular formula is C12H16ClNOS. The molecule has 2 N–H and O–H groups in total. The van der Waals surface area contributed by atoms with Gasteiger partial charge in [0.25, 0.3) is 0 Å². The number of Topliss-reactive ketones (excluding diaryl/α,β-unsaturated/α-hetero) is 1. The summed E-state index contributed by atoms with van der Waals surface area (Å²) in [6, 6.07) is 3.61. The number of halogens is 1. The lowest BCUT2D eigenvalue weighted by atomic mass is 9.71. The molecule has 2 nitrogen and oxygen atoms in total. The number of hydrogen-bond acceptors (Lipinski definition) is 3. The number of ketones is 1. The molecule has 1 fully saturated rings. The van der Waals surface area contributed by atoms with Gasteiger partial charge in [-0.2, -0.15) is 0 Å². The first-order valence-electron chi connectivity index (χ1n) is 5.68. The van der Waals surface area contributed by atoms with Crippen LogP contribution >= 0.6 is 22.9 Å². The van der Waals surface area contributed by atoms with E-state index in [4.69, 9.17) is 17.3 Å². The summed E-state index contributed by atoms with van der Waals surface area (Å²) in [4.78, 5) is 13.2. The molecule has 0 bridgehead atoms. The molecule has 0 radical (unpaired) electrons. The predicted octanol–water partition coefficient (Wildman–Crippen LogP) is 3.49. The van der Waals surface area contributed by atoms with Crippen LogP contribution in [-0.2, 0) is 0 Å². The molecule has 0 spiro atoms. The first-order valence-corrected chi connectivity index (χ1v) is 6.88. The third-order valence-corrected chi connectivity index (χ3v) is 4.71.